The summed E-state index contributed by atoms with van der Waals surface area (Å²) in [4.78, 5) is 15.6. The van der Waals surface area contributed by atoms with Crippen molar-refractivity contribution in [1.82, 2.24) is 4.90 Å². The molecule has 3 aliphatic carbocycles. The minimum absolute atomic E-state index is 0.0164. The van der Waals surface area contributed by atoms with Crippen molar-refractivity contribution in [2.24, 2.45) is 46.3 Å². The van der Waals surface area contributed by atoms with E-state index in [4.69, 9.17) is 0 Å². The molecule has 3 nitrogen and oxygen atoms in total. The number of rotatable bonds is 3. The molecule has 0 aromatic rings. The number of aliphatic hydroxyl groups excluding tert-OH is 1. The molecule has 3 unspecified atom stereocenters. The number of carbonyl (C=O) groups is 1. The van der Waals surface area contributed by atoms with Gasteiger partial charge in [-0.3, -0.25) is 9.69 Å². The number of aliphatic hydroxyl groups is 1. The van der Waals surface area contributed by atoms with E-state index in [0.717, 1.165) is 32.1 Å². The van der Waals surface area contributed by atoms with Gasteiger partial charge in [0.15, 0.2) is 5.78 Å². The number of carbonyl (C=O) groups excluding carboxylic acids is 1. The maximum Gasteiger partial charge on any atom is 0.153 e. The standard InChI is InChI=1S/C25H45NO2/c1-15-9-10-22(27)25(6)12-11-19-16(2)13-18(23(28)17(3)26(7)8)21(14-20(15)25)24(19,4)5/h15-22,27H,9-14H2,1-8H3/t15-,16-,17?,18?,19+,20-,21+,22?,25+/m1/s1. The molecule has 3 aliphatic rings. The second kappa shape index (κ2) is 7.69. The SMILES string of the molecule is CC(C(=O)C1C[C@@H](C)[C@@H]2CC[C@]3(C)C(O)CC[C@@H](C)[C@H]3C[C@@H]1C2(C)C)N(C)C. The van der Waals surface area contributed by atoms with Crippen LogP contribution in [0.5, 0.6) is 0 Å². The first kappa shape index (κ1) is 22.3. The molecule has 3 saturated carbocycles. The highest BCUT2D eigenvalue weighted by Crippen LogP contribution is 2.61. The van der Waals surface area contributed by atoms with Gasteiger partial charge in [0, 0.05) is 5.92 Å². The molecule has 9 atom stereocenters. The van der Waals surface area contributed by atoms with Crippen molar-refractivity contribution in [2.75, 3.05) is 14.1 Å². The Hall–Kier alpha value is -0.410. The molecule has 3 fully saturated rings. The van der Waals surface area contributed by atoms with Crippen molar-refractivity contribution in [3.63, 3.8) is 0 Å². The van der Waals surface area contributed by atoms with Crippen molar-refractivity contribution in [3.8, 4) is 0 Å². The van der Waals surface area contributed by atoms with Crippen LogP contribution >= 0.6 is 0 Å². The van der Waals surface area contributed by atoms with E-state index in [1.807, 2.05) is 14.1 Å². The molecule has 3 rings (SSSR count). The summed E-state index contributed by atoms with van der Waals surface area (Å²) in [6.45, 7) is 14.1. The average molecular weight is 392 g/mol. The van der Waals surface area contributed by atoms with Gasteiger partial charge >= 0.3 is 0 Å². The predicted molar refractivity (Wildman–Crippen MR) is 116 cm³/mol. The normalized spacial score (nSPS) is 47.0. The largest absolute Gasteiger partial charge is 0.393 e. The van der Waals surface area contributed by atoms with Crippen LogP contribution in [0.3, 0.4) is 0 Å². The van der Waals surface area contributed by atoms with Gasteiger partial charge in [-0.2, -0.15) is 0 Å². The fourth-order valence-electron chi connectivity index (χ4n) is 7.70. The average Bonchev–Trinajstić information content (AvgIpc) is 2.60. The second-order valence-corrected chi connectivity index (χ2v) is 11.9. The van der Waals surface area contributed by atoms with Crippen LogP contribution in [-0.2, 0) is 4.79 Å². The van der Waals surface area contributed by atoms with Crippen LogP contribution < -0.4 is 0 Å². The number of likely N-dealkylation sites (N-methyl/N-ethyl adjacent to an activating group) is 1. The summed E-state index contributed by atoms with van der Waals surface area (Å²) in [6.07, 6.45) is 6.40. The lowest BCUT2D eigenvalue weighted by Gasteiger charge is -2.60. The Morgan fingerprint density at radius 2 is 1.61 bits per heavy atom. The lowest BCUT2D eigenvalue weighted by atomic mass is 9.45. The van der Waals surface area contributed by atoms with Crippen molar-refractivity contribution in [2.45, 2.75) is 92.2 Å². The minimum Gasteiger partial charge on any atom is -0.393 e. The highest BCUT2D eigenvalue weighted by molar-refractivity contribution is 5.86. The third-order valence-corrected chi connectivity index (χ3v) is 9.95. The zero-order chi connectivity index (χ0) is 21.0. The van der Waals surface area contributed by atoms with Crippen LogP contribution in [0, 0.1) is 46.3 Å². The van der Waals surface area contributed by atoms with Gasteiger partial charge in [-0.25, -0.2) is 0 Å². The topological polar surface area (TPSA) is 40.5 Å². The molecule has 0 radical (unpaired) electrons. The summed E-state index contributed by atoms with van der Waals surface area (Å²) < 4.78 is 0. The molecule has 162 valence electrons. The first-order valence-electron chi connectivity index (χ1n) is 11.8. The summed E-state index contributed by atoms with van der Waals surface area (Å²) in [7, 11) is 4.05. The highest BCUT2D eigenvalue weighted by Gasteiger charge is 2.57. The fourth-order valence-corrected chi connectivity index (χ4v) is 7.70. The van der Waals surface area contributed by atoms with Crippen LogP contribution in [-0.4, -0.2) is 42.0 Å². The molecule has 3 heteroatoms. The Balaban J connectivity index is 2.01. The lowest BCUT2D eigenvalue weighted by Crippen LogP contribution is -2.56. The number of hydrogen-bond acceptors (Lipinski definition) is 3. The lowest BCUT2D eigenvalue weighted by molar-refractivity contribution is -0.152. The first-order valence-corrected chi connectivity index (χ1v) is 11.8. The monoisotopic (exact) mass is 391 g/mol. The Morgan fingerprint density at radius 1 is 0.964 bits per heavy atom. The quantitative estimate of drug-likeness (QED) is 0.734. The number of Topliss-reactive ketones (excluding diaryl/α,β-unsaturated/α-hetero) is 1. The molecule has 0 spiro atoms. The van der Waals surface area contributed by atoms with Crippen molar-refractivity contribution < 1.29 is 9.90 Å². The smallest absolute Gasteiger partial charge is 0.153 e. The van der Waals surface area contributed by atoms with Gasteiger partial charge in [0.2, 0.25) is 0 Å². The molecule has 0 aromatic carbocycles. The molecule has 2 bridgehead atoms. The van der Waals surface area contributed by atoms with Gasteiger partial charge in [-0.05, 0) is 100.0 Å². The fraction of sp³-hybridized carbons (Fsp3) is 0.960. The molecule has 0 heterocycles. The molecular formula is C25H45NO2. The number of nitrogens with zero attached hydrogens (tertiary/aromatic N) is 1. The number of fused-ring (bicyclic) bond motifs is 3. The third kappa shape index (κ3) is 3.49. The Kier molecular flexibility index (Phi) is 6.12. The van der Waals surface area contributed by atoms with E-state index in [0.29, 0.717) is 35.4 Å². The molecule has 0 aromatic heterocycles. The van der Waals surface area contributed by atoms with Crippen molar-refractivity contribution >= 4 is 5.78 Å². The summed E-state index contributed by atoms with van der Waals surface area (Å²) in [5.74, 6) is 3.43. The van der Waals surface area contributed by atoms with E-state index in [1.54, 1.807) is 0 Å². The van der Waals surface area contributed by atoms with E-state index in [2.05, 4.69) is 46.4 Å². The number of hydrogen-bond donors (Lipinski definition) is 1. The molecule has 28 heavy (non-hydrogen) atoms. The molecule has 0 amide bonds. The summed E-state index contributed by atoms with van der Waals surface area (Å²) in [6, 6.07) is -0.0178. The van der Waals surface area contributed by atoms with Gasteiger partial charge in [-0.15, -0.1) is 0 Å². The molecule has 1 N–H and O–H groups in total. The van der Waals surface area contributed by atoms with E-state index in [9.17, 15) is 9.90 Å². The zero-order valence-corrected chi connectivity index (χ0v) is 19.7. The predicted octanol–water partition coefficient (Wildman–Crippen LogP) is 5.02. The Morgan fingerprint density at radius 3 is 2.21 bits per heavy atom. The Bertz CT molecular complexity index is 585. The Labute approximate surface area is 173 Å². The second-order valence-electron chi connectivity index (χ2n) is 11.9. The van der Waals surface area contributed by atoms with E-state index in [1.165, 1.54) is 6.42 Å². The van der Waals surface area contributed by atoms with Gasteiger partial charge < -0.3 is 5.11 Å². The minimum atomic E-state index is -0.180. The van der Waals surface area contributed by atoms with Gasteiger partial charge in [0.05, 0.1) is 12.1 Å². The third-order valence-electron chi connectivity index (χ3n) is 9.95. The van der Waals surface area contributed by atoms with Gasteiger partial charge in [0.25, 0.3) is 0 Å². The van der Waals surface area contributed by atoms with Crippen LogP contribution in [0.4, 0.5) is 0 Å². The van der Waals surface area contributed by atoms with Crippen molar-refractivity contribution in [1.29, 1.82) is 0 Å². The van der Waals surface area contributed by atoms with Gasteiger partial charge in [0.1, 0.15) is 0 Å². The maximum atomic E-state index is 13.6. The van der Waals surface area contributed by atoms with Crippen LogP contribution in [0.15, 0.2) is 0 Å². The maximum absolute atomic E-state index is 13.6. The van der Waals surface area contributed by atoms with E-state index < -0.39 is 0 Å². The zero-order valence-electron chi connectivity index (χ0n) is 19.7. The summed E-state index contributed by atoms with van der Waals surface area (Å²) in [5.41, 5.74) is 0.204. The van der Waals surface area contributed by atoms with E-state index >= 15 is 0 Å². The molecule has 0 aliphatic heterocycles. The van der Waals surface area contributed by atoms with Crippen LogP contribution in [0.2, 0.25) is 0 Å². The number of ketones is 1. The van der Waals surface area contributed by atoms with Crippen molar-refractivity contribution in [3.05, 3.63) is 0 Å². The molecule has 0 saturated heterocycles. The van der Waals surface area contributed by atoms with Crippen LogP contribution in [0.1, 0.15) is 80.1 Å². The van der Waals surface area contributed by atoms with Crippen LogP contribution in [0.25, 0.3) is 0 Å². The highest BCUT2D eigenvalue weighted by atomic mass is 16.3. The van der Waals surface area contributed by atoms with E-state index in [-0.39, 0.29) is 28.9 Å². The summed E-state index contributed by atoms with van der Waals surface area (Å²) in [5, 5.41) is 11.0. The summed E-state index contributed by atoms with van der Waals surface area (Å²) >= 11 is 0. The molecular weight excluding hydrogens is 346 g/mol. The van der Waals surface area contributed by atoms with Gasteiger partial charge in [-0.1, -0.05) is 34.6 Å². The first-order chi connectivity index (χ1) is 12.9.